The van der Waals surface area contributed by atoms with Gasteiger partial charge in [0.25, 0.3) is 0 Å². The van der Waals surface area contributed by atoms with Gasteiger partial charge in [-0.05, 0) is 35.9 Å². The van der Waals surface area contributed by atoms with Crippen LogP contribution in [0.5, 0.6) is 11.5 Å². The Kier molecular flexibility index (Phi) is 4.64. The third-order valence-corrected chi connectivity index (χ3v) is 4.33. The predicted molar refractivity (Wildman–Crippen MR) is 106 cm³/mol. The molecular weight excluding hydrogens is 356 g/mol. The highest BCUT2D eigenvalue weighted by Gasteiger charge is 2.21. The van der Waals surface area contributed by atoms with Crippen molar-refractivity contribution in [3.8, 4) is 22.6 Å². The summed E-state index contributed by atoms with van der Waals surface area (Å²) in [5.41, 5.74) is 0.903. The Bertz CT molecular complexity index is 1210. The molecule has 0 saturated heterocycles. The molecule has 0 bridgehead atoms. The van der Waals surface area contributed by atoms with E-state index in [0.717, 1.165) is 0 Å². The highest BCUT2D eigenvalue weighted by molar-refractivity contribution is 5.97. The Morgan fingerprint density at radius 1 is 0.893 bits per heavy atom. The SMILES string of the molecule is COc1cccc(C(=O)Oc2c(-c3ccccc3)c(=O)oc3ccccc23)c1. The summed E-state index contributed by atoms with van der Waals surface area (Å²) < 4.78 is 16.3. The first-order chi connectivity index (χ1) is 13.7. The molecule has 3 aromatic carbocycles. The van der Waals surface area contributed by atoms with E-state index in [1.165, 1.54) is 7.11 Å². The largest absolute Gasteiger partial charge is 0.497 e. The van der Waals surface area contributed by atoms with E-state index in [2.05, 4.69) is 0 Å². The molecule has 0 aliphatic heterocycles. The topological polar surface area (TPSA) is 65.7 Å². The van der Waals surface area contributed by atoms with E-state index in [0.29, 0.717) is 27.8 Å². The highest BCUT2D eigenvalue weighted by atomic mass is 16.5. The first-order valence-corrected chi connectivity index (χ1v) is 8.65. The van der Waals surface area contributed by atoms with Gasteiger partial charge in [0.05, 0.1) is 18.1 Å². The summed E-state index contributed by atoms with van der Waals surface area (Å²) in [6, 6.07) is 22.6. The number of methoxy groups -OCH3 is 1. The predicted octanol–water partition coefficient (Wildman–Crippen LogP) is 4.69. The van der Waals surface area contributed by atoms with Crippen molar-refractivity contribution >= 4 is 16.9 Å². The molecule has 5 heteroatoms. The zero-order valence-corrected chi connectivity index (χ0v) is 15.0. The minimum Gasteiger partial charge on any atom is -0.497 e. The smallest absolute Gasteiger partial charge is 0.348 e. The minimum atomic E-state index is -0.591. The standard InChI is InChI=1S/C23H16O5/c1-26-17-11-7-10-16(14-17)22(24)28-21-18-12-5-6-13-19(18)27-23(25)20(21)15-8-3-2-4-9-15/h2-14H,1H3. The number of para-hydroxylation sites is 1. The fourth-order valence-electron chi connectivity index (χ4n) is 2.98. The molecule has 0 aliphatic rings. The molecule has 4 aromatic rings. The third-order valence-electron chi connectivity index (χ3n) is 4.33. The molecule has 0 amide bonds. The van der Waals surface area contributed by atoms with E-state index in [-0.39, 0.29) is 11.3 Å². The highest BCUT2D eigenvalue weighted by Crippen LogP contribution is 2.34. The lowest BCUT2D eigenvalue weighted by atomic mass is 10.0. The number of carbonyl (C=O) groups excluding carboxylic acids is 1. The summed E-state index contributed by atoms with van der Waals surface area (Å²) in [6.45, 7) is 0. The second-order valence-corrected chi connectivity index (χ2v) is 6.08. The van der Waals surface area contributed by atoms with Gasteiger partial charge in [0.1, 0.15) is 16.9 Å². The van der Waals surface area contributed by atoms with Crippen LogP contribution in [-0.4, -0.2) is 13.1 Å². The zero-order valence-electron chi connectivity index (χ0n) is 15.0. The quantitative estimate of drug-likeness (QED) is 0.384. The molecule has 138 valence electrons. The molecular formula is C23H16O5. The molecule has 0 aliphatic carbocycles. The molecule has 28 heavy (non-hydrogen) atoms. The van der Waals surface area contributed by atoms with Crippen molar-refractivity contribution in [1.82, 2.24) is 0 Å². The Morgan fingerprint density at radius 3 is 2.43 bits per heavy atom. The average molecular weight is 372 g/mol. The molecule has 0 radical (unpaired) electrons. The zero-order chi connectivity index (χ0) is 19.5. The van der Waals surface area contributed by atoms with Crippen LogP contribution < -0.4 is 15.1 Å². The number of esters is 1. The van der Waals surface area contributed by atoms with Gasteiger partial charge in [-0.1, -0.05) is 48.5 Å². The van der Waals surface area contributed by atoms with E-state index in [4.69, 9.17) is 13.9 Å². The Balaban J connectivity index is 1.89. The van der Waals surface area contributed by atoms with Crippen molar-refractivity contribution < 1.29 is 18.7 Å². The van der Waals surface area contributed by atoms with Crippen LogP contribution in [0.4, 0.5) is 0 Å². The van der Waals surface area contributed by atoms with Gasteiger partial charge in [0, 0.05) is 0 Å². The number of hydrogen-bond acceptors (Lipinski definition) is 5. The monoisotopic (exact) mass is 372 g/mol. The molecule has 0 spiro atoms. The summed E-state index contributed by atoms with van der Waals surface area (Å²) in [6.07, 6.45) is 0. The first-order valence-electron chi connectivity index (χ1n) is 8.65. The second-order valence-electron chi connectivity index (χ2n) is 6.08. The molecule has 0 fully saturated rings. The van der Waals surface area contributed by atoms with Gasteiger partial charge in [-0.25, -0.2) is 9.59 Å². The molecule has 0 N–H and O–H groups in total. The Labute approximate surface area is 160 Å². The summed E-state index contributed by atoms with van der Waals surface area (Å²) in [4.78, 5) is 25.5. The van der Waals surface area contributed by atoms with Crippen LogP contribution in [0.2, 0.25) is 0 Å². The van der Waals surface area contributed by atoms with Gasteiger partial charge < -0.3 is 13.9 Å². The van der Waals surface area contributed by atoms with E-state index in [1.807, 2.05) is 6.07 Å². The summed E-state index contributed by atoms with van der Waals surface area (Å²) in [5.74, 6) is 0.118. The van der Waals surface area contributed by atoms with Crippen LogP contribution in [0.1, 0.15) is 10.4 Å². The molecule has 1 aromatic heterocycles. The lowest BCUT2D eigenvalue weighted by Crippen LogP contribution is -2.13. The average Bonchev–Trinajstić information content (AvgIpc) is 2.74. The van der Waals surface area contributed by atoms with Gasteiger partial charge in [-0.3, -0.25) is 0 Å². The number of ether oxygens (including phenoxy) is 2. The molecule has 5 nitrogen and oxygen atoms in total. The number of hydrogen-bond donors (Lipinski definition) is 0. The first kappa shape index (κ1) is 17.5. The lowest BCUT2D eigenvalue weighted by Gasteiger charge is -2.12. The van der Waals surface area contributed by atoms with E-state index < -0.39 is 11.6 Å². The third kappa shape index (κ3) is 3.25. The maximum atomic E-state index is 12.8. The van der Waals surface area contributed by atoms with E-state index in [1.54, 1.807) is 72.8 Å². The molecule has 4 rings (SSSR count). The fraction of sp³-hybridized carbons (Fsp3) is 0.0435. The number of carbonyl (C=O) groups is 1. The number of fused-ring (bicyclic) bond motifs is 1. The van der Waals surface area contributed by atoms with Crippen LogP contribution in [0.25, 0.3) is 22.1 Å². The van der Waals surface area contributed by atoms with Crippen LogP contribution in [-0.2, 0) is 0 Å². The lowest BCUT2D eigenvalue weighted by molar-refractivity contribution is 0.0737. The second kappa shape index (κ2) is 7.40. The van der Waals surface area contributed by atoms with Crippen molar-refractivity contribution in [2.75, 3.05) is 7.11 Å². The molecule has 1 heterocycles. The van der Waals surface area contributed by atoms with Crippen molar-refractivity contribution in [1.29, 1.82) is 0 Å². The van der Waals surface area contributed by atoms with Gasteiger partial charge in [-0.15, -0.1) is 0 Å². The molecule has 0 unspecified atom stereocenters. The summed E-state index contributed by atoms with van der Waals surface area (Å²) in [7, 11) is 1.52. The maximum absolute atomic E-state index is 12.8. The van der Waals surface area contributed by atoms with Crippen molar-refractivity contribution in [2.45, 2.75) is 0 Å². The Morgan fingerprint density at radius 2 is 1.64 bits per heavy atom. The van der Waals surface area contributed by atoms with Gasteiger partial charge in [0.2, 0.25) is 0 Å². The van der Waals surface area contributed by atoms with Gasteiger partial charge >= 0.3 is 11.6 Å². The van der Waals surface area contributed by atoms with E-state index >= 15 is 0 Å². The maximum Gasteiger partial charge on any atom is 0.348 e. The van der Waals surface area contributed by atoms with Crippen LogP contribution in [0.3, 0.4) is 0 Å². The van der Waals surface area contributed by atoms with Crippen molar-refractivity contribution in [3.63, 3.8) is 0 Å². The normalized spacial score (nSPS) is 10.6. The van der Waals surface area contributed by atoms with Crippen LogP contribution in [0, 0.1) is 0 Å². The summed E-state index contributed by atoms with van der Waals surface area (Å²) >= 11 is 0. The number of benzene rings is 3. The fourth-order valence-corrected chi connectivity index (χ4v) is 2.98. The van der Waals surface area contributed by atoms with Crippen LogP contribution in [0.15, 0.2) is 88.1 Å². The molecule has 0 atom stereocenters. The molecule has 0 saturated carbocycles. The number of rotatable bonds is 4. The minimum absolute atomic E-state index is 0.172. The summed E-state index contributed by atoms with van der Waals surface area (Å²) in [5, 5.41) is 0.539. The Hall–Kier alpha value is -3.86. The van der Waals surface area contributed by atoms with Crippen molar-refractivity contribution in [2.24, 2.45) is 0 Å². The van der Waals surface area contributed by atoms with E-state index in [9.17, 15) is 9.59 Å². The van der Waals surface area contributed by atoms with Crippen LogP contribution >= 0.6 is 0 Å². The van der Waals surface area contributed by atoms with Crippen molar-refractivity contribution in [3.05, 3.63) is 94.8 Å². The van der Waals surface area contributed by atoms with Gasteiger partial charge in [-0.2, -0.15) is 0 Å². The van der Waals surface area contributed by atoms with Gasteiger partial charge in [0.15, 0.2) is 5.75 Å².